The lowest BCUT2D eigenvalue weighted by Crippen LogP contribution is -2.43. The Hall–Kier alpha value is -5.50. The SMILES string of the molecule is COC(=O)CC(C)(C)NCc1cnc2cc(-c3cccc(-c4cccc(-c5ccc(CN(C[C@@H]6CCC(=O)N6)C(=O)OC(C)(C)C)c(OC)n5)c4Cl)c3Cl)ccn2c1=O. The summed E-state index contributed by atoms with van der Waals surface area (Å²) in [5.41, 5.74) is 4.01. The van der Waals surface area contributed by atoms with Gasteiger partial charge < -0.3 is 29.7 Å². The first kappa shape index (κ1) is 43.1. The van der Waals surface area contributed by atoms with Crippen molar-refractivity contribution in [3.63, 3.8) is 0 Å². The average Bonchev–Trinajstić information content (AvgIpc) is 3.60. The molecule has 1 atom stereocenters. The molecule has 1 saturated heterocycles. The fourth-order valence-corrected chi connectivity index (χ4v) is 7.53. The van der Waals surface area contributed by atoms with Crippen LogP contribution in [0, 0.1) is 0 Å². The molecule has 1 aliphatic rings. The van der Waals surface area contributed by atoms with Crippen LogP contribution < -0.4 is 20.9 Å². The van der Waals surface area contributed by atoms with E-state index in [0.717, 1.165) is 5.56 Å². The normalized spacial score (nSPS) is 14.3. The molecule has 13 nitrogen and oxygen atoms in total. The number of methoxy groups -OCH3 is 2. The topological polar surface area (TPSA) is 153 Å². The molecule has 0 bridgehead atoms. The maximum atomic E-state index is 13.4. The van der Waals surface area contributed by atoms with E-state index in [4.69, 9.17) is 42.4 Å². The van der Waals surface area contributed by atoms with Crippen LogP contribution >= 0.6 is 23.2 Å². The van der Waals surface area contributed by atoms with Gasteiger partial charge in [0.2, 0.25) is 11.8 Å². The lowest BCUT2D eigenvalue weighted by Gasteiger charge is -2.29. The third-order valence-corrected chi connectivity index (χ3v) is 10.7. The van der Waals surface area contributed by atoms with E-state index in [1.807, 2.05) is 68.4 Å². The van der Waals surface area contributed by atoms with Crippen molar-refractivity contribution in [1.82, 2.24) is 29.9 Å². The molecule has 15 heteroatoms. The van der Waals surface area contributed by atoms with Crippen LogP contribution in [-0.2, 0) is 32.2 Å². The van der Waals surface area contributed by atoms with Gasteiger partial charge >= 0.3 is 12.1 Å². The van der Waals surface area contributed by atoms with E-state index in [0.29, 0.717) is 73.5 Å². The maximum absolute atomic E-state index is 13.4. The number of carbonyl (C=O) groups is 3. The Balaban J connectivity index is 1.26. The van der Waals surface area contributed by atoms with Gasteiger partial charge in [-0.05, 0) is 70.9 Å². The molecule has 6 rings (SSSR count). The first-order chi connectivity index (χ1) is 28.0. The van der Waals surface area contributed by atoms with Crippen LogP contribution in [0.1, 0.15) is 65.0 Å². The van der Waals surface area contributed by atoms with Crippen LogP contribution in [0.2, 0.25) is 10.0 Å². The van der Waals surface area contributed by atoms with Gasteiger partial charge in [-0.3, -0.25) is 18.8 Å². The number of carbonyl (C=O) groups excluding carboxylic acids is 3. The number of hydrogen-bond donors (Lipinski definition) is 2. The van der Waals surface area contributed by atoms with Crippen molar-refractivity contribution in [2.75, 3.05) is 20.8 Å². The van der Waals surface area contributed by atoms with Crippen LogP contribution in [-0.4, -0.2) is 75.2 Å². The number of ether oxygens (including phenoxy) is 3. The Bertz CT molecular complexity index is 2460. The van der Waals surface area contributed by atoms with Crippen molar-refractivity contribution in [3.05, 3.63) is 105 Å². The van der Waals surface area contributed by atoms with Crippen LogP contribution in [0.4, 0.5) is 4.79 Å². The number of nitrogens with one attached hydrogen (secondary N) is 2. The molecular formula is C44H48Cl2N6O7. The number of aromatic nitrogens is 3. The summed E-state index contributed by atoms with van der Waals surface area (Å²) in [4.78, 5) is 61.4. The number of fused-ring (bicyclic) bond motifs is 1. The molecule has 0 unspecified atom stereocenters. The van der Waals surface area contributed by atoms with Gasteiger partial charge in [-0.15, -0.1) is 0 Å². The van der Waals surface area contributed by atoms with E-state index in [1.165, 1.54) is 24.8 Å². The molecule has 1 fully saturated rings. The summed E-state index contributed by atoms with van der Waals surface area (Å²) >= 11 is 14.3. The van der Waals surface area contributed by atoms with Crippen molar-refractivity contribution in [3.8, 4) is 39.4 Å². The first-order valence-corrected chi connectivity index (χ1v) is 19.9. The molecule has 0 radical (unpaired) electrons. The van der Waals surface area contributed by atoms with E-state index in [-0.39, 0.29) is 49.5 Å². The molecule has 310 valence electrons. The van der Waals surface area contributed by atoms with E-state index < -0.39 is 17.2 Å². The minimum absolute atomic E-state index is 0.0435. The molecular weight excluding hydrogens is 795 g/mol. The lowest BCUT2D eigenvalue weighted by molar-refractivity contribution is -0.142. The number of amides is 2. The highest BCUT2D eigenvalue weighted by atomic mass is 35.5. The van der Waals surface area contributed by atoms with Gasteiger partial charge in [0.05, 0.1) is 48.5 Å². The largest absolute Gasteiger partial charge is 0.481 e. The van der Waals surface area contributed by atoms with Gasteiger partial charge in [0, 0.05) is 71.3 Å². The summed E-state index contributed by atoms with van der Waals surface area (Å²) < 4.78 is 17.7. The average molecular weight is 844 g/mol. The Morgan fingerprint density at radius 3 is 2.25 bits per heavy atom. The molecule has 0 aliphatic carbocycles. The quantitative estimate of drug-likeness (QED) is 0.112. The second-order valence-corrected chi connectivity index (χ2v) is 16.8. The van der Waals surface area contributed by atoms with Gasteiger partial charge in [-0.1, -0.05) is 59.6 Å². The Morgan fingerprint density at radius 1 is 0.932 bits per heavy atom. The molecule has 4 heterocycles. The van der Waals surface area contributed by atoms with Crippen LogP contribution in [0.15, 0.2) is 77.9 Å². The number of rotatable bonds is 13. The van der Waals surface area contributed by atoms with E-state index >= 15 is 0 Å². The predicted molar refractivity (Wildman–Crippen MR) is 227 cm³/mol. The lowest BCUT2D eigenvalue weighted by atomic mass is 9.97. The number of nitrogens with zero attached hydrogens (tertiary/aromatic N) is 4. The molecule has 0 saturated carbocycles. The van der Waals surface area contributed by atoms with E-state index in [9.17, 15) is 19.2 Å². The summed E-state index contributed by atoms with van der Waals surface area (Å²) in [6.45, 7) is 9.77. The van der Waals surface area contributed by atoms with Crippen LogP contribution in [0.25, 0.3) is 39.2 Å². The molecule has 2 N–H and O–H groups in total. The summed E-state index contributed by atoms with van der Waals surface area (Å²) in [6, 6.07) is 18.4. The van der Waals surface area contributed by atoms with Crippen LogP contribution in [0.5, 0.6) is 5.88 Å². The van der Waals surface area contributed by atoms with Crippen molar-refractivity contribution in [1.29, 1.82) is 0 Å². The minimum Gasteiger partial charge on any atom is -0.481 e. The standard InChI is InChI=1S/C44H48Cl2N6O7/c1-43(2,3)59-42(56)51(25-29-15-17-36(53)49-29)24-27-14-16-34(50-40(27)58-7)33-13-9-12-32(39(33)46)31-11-8-10-30(38(31)45)26-18-19-52-35(20-26)47-22-28(41(52)55)23-48-44(4,5)21-37(54)57-6/h8-14,16,18-20,22,29,48H,15,17,21,23-25H2,1-7H3,(H,49,53)/t29-/m0/s1. The zero-order valence-electron chi connectivity index (χ0n) is 34.2. The van der Waals surface area contributed by atoms with E-state index in [1.54, 1.807) is 37.9 Å². The first-order valence-electron chi connectivity index (χ1n) is 19.2. The number of benzene rings is 2. The number of halogens is 2. The highest BCUT2D eigenvalue weighted by Crippen LogP contribution is 2.42. The summed E-state index contributed by atoms with van der Waals surface area (Å²) in [6.07, 6.45) is 3.87. The minimum atomic E-state index is -0.714. The molecule has 3 aromatic heterocycles. The summed E-state index contributed by atoms with van der Waals surface area (Å²) in [7, 11) is 2.86. The Labute approximate surface area is 353 Å². The molecule has 5 aromatic rings. The van der Waals surface area contributed by atoms with Gasteiger partial charge in [-0.25, -0.2) is 14.8 Å². The zero-order valence-corrected chi connectivity index (χ0v) is 35.7. The van der Waals surface area contributed by atoms with Gasteiger partial charge in [0.25, 0.3) is 5.56 Å². The predicted octanol–water partition coefficient (Wildman–Crippen LogP) is 7.85. The molecule has 0 spiro atoms. The van der Waals surface area contributed by atoms with Crippen molar-refractivity contribution >= 4 is 46.8 Å². The van der Waals surface area contributed by atoms with Gasteiger partial charge in [0.15, 0.2) is 0 Å². The van der Waals surface area contributed by atoms with Gasteiger partial charge in [-0.2, -0.15) is 0 Å². The summed E-state index contributed by atoms with van der Waals surface area (Å²) in [5.74, 6) is -0.0826. The monoisotopic (exact) mass is 842 g/mol. The fraction of sp³-hybridized carbons (Fsp3) is 0.364. The molecule has 2 amide bonds. The fourth-order valence-electron chi connectivity index (χ4n) is 6.87. The number of esters is 1. The van der Waals surface area contributed by atoms with Crippen LogP contribution in [0.3, 0.4) is 0 Å². The van der Waals surface area contributed by atoms with Crippen molar-refractivity contribution < 1.29 is 28.6 Å². The third kappa shape index (κ3) is 10.2. The molecule has 59 heavy (non-hydrogen) atoms. The highest BCUT2D eigenvalue weighted by Gasteiger charge is 2.30. The second-order valence-electron chi connectivity index (χ2n) is 16.1. The second kappa shape index (κ2) is 17.8. The maximum Gasteiger partial charge on any atom is 0.410 e. The highest BCUT2D eigenvalue weighted by molar-refractivity contribution is 6.39. The molecule has 1 aliphatic heterocycles. The third-order valence-electron chi connectivity index (χ3n) is 9.90. The number of hydrogen-bond acceptors (Lipinski definition) is 10. The Kier molecular flexibility index (Phi) is 13.0. The number of pyridine rings is 2. The zero-order chi connectivity index (χ0) is 42.6. The summed E-state index contributed by atoms with van der Waals surface area (Å²) in [5, 5.41) is 7.05. The Morgan fingerprint density at radius 2 is 1.61 bits per heavy atom. The smallest absolute Gasteiger partial charge is 0.410 e. The van der Waals surface area contributed by atoms with Gasteiger partial charge in [0.1, 0.15) is 11.2 Å². The molecule has 2 aromatic carbocycles. The van der Waals surface area contributed by atoms with Crippen molar-refractivity contribution in [2.45, 2.75) is 84.2 Å². The van der Waals surface area contributed by atoms with Crippen molar-refractivity contribution in [2.24, 2.45) is 0 Å². The van der Waals surface area contributed by atoms with E-state index in [2.05, 4.69) is 15.6 Å².